The van der Waals surface area contributed by atoms with Gasteiger partial charge in [0.2, 0.25) is 0 Å². The van der Waals surface area contributed by atoms with Gasteiger partial charge in [-0.25, -0.2) is 0 Å². The molecule has 2 rings (SSSR count). The minimum atomic E-state index is -0.408. The number of aliphatic hydroxyl groups excluding tert-OH is 1. The van der Waals surface area contributed by atoms with E-state index in [4.69, 9.17) is 0 Å². The molecule has 0 fully saturated rings. The summed E-state index contributed by atoms with van der Waals surface area (Å²) in [6.45, 7) is 3.71. The summed E-state index contributed by atoms with van der Waals surface area (Å²) in [5.41, 5.74) is 1.04. The zero-order valence-corrected chi connectivity index (χ0v) is 10.3. The van der Waals surface area contributed by atoms with Gasteiger partial charge in [0.15, 0.2) is 0 Å². The van der Waals surface area contributed by atoms with Crippen LogP contribution in [-0.4, -0.2) is 18.2 Å². The molecule has 86 valence electrons. The molecule has 1 aromatic carbocycles. The van der Waals surface area contributed by atoms with Crippen LogP contribution in [0.4, 0.5) is 0 Å². The molecule has 2 N–H and O–H groups in total. The highest BCUT2D eigenvalue weighted by Crippen LogP contribution is 2.28. The Hall–Kier alpha value is -0.900. The first-order valence-corrected chi connectivity index (χ1v) is 6.55. The largest absolute Gasteiger partial charge is 0.387 e. The van der Waals surface area contributed by atoms with E-state index in [2.05, 4.69) is 29.8 Å². The number of nitrogens with one attached hydrogen (secondary N) is 1. The van der Waals surface area contributed by atoms with Crippen molar-refractivity contribution in [2.24, 2.45) is 0 Å². The second-order valence-electron chi connectivity index (χ2n) is 3.91. The van der Waals surface area contributed by atoms with E-state index in [9.17, 15) is 5.11 Å². The molecule has 0 radical (unpaired) electrons. The van der Waals surface area contributed by atoms with Gasteiger partial charge in [-0.05, 0) is 35.4 Å². The van der Waals surface area contributed by atoms with Gasteiger partial charge in [-0.15, -0.1) is 11.3 Å². The minimum Gasteiger partial charge on any atom is -0.387 e. The molecule has 0 amide bonds. The van der Waals surface area contributed by atoms with Crippen LogP contribution in [0.15, 0.2) is 29.6 Å². The highest BCUT2D eigenvalue weighted by Gasteiger charge is 2.11. The van der Waals surface area contributed by atoms with Gasteiger partial charge in [0.05, 0.1) is 6.10 Å². The van der Waals surface area contributed by atoms with Crippen molar-refractivity contribution in [3.8, 4) is 0 Å². The fourth-order valence-corrected chi connectivity index (χ4v) is 2.77. The van der Waals surface area contributed by atoms with E-state index in [0.29, 0.717) is 6.54 Å². The van der Waals surface area contributed by atoms with Crippen molar-refractivity contribution in [1.82, 2.24) is 5.32 Å². The molecule has 0 bridgehead atoms. The van der Waals surface area contributed by atoms with Crippen LogP contribution in [0.2, 0.25) is 0 Å². The molecule has 1 atom stereocenters. The third kappa shape index (κ3) is 2.43. The molecular weight excluding hydrogens is 218 g/mol. The van der Waals surface area contributed by atoms with Crippen LogP contribution >= 0.6 is 11.3 Å². The molecule has 3 heteroatoms. The lowest BCUT2D eigenvalue weighted by Gasteiger charge is -2.12. The van der Waals surface area contributed by atoms with Crippen molar-refractivity contribution in [2.45, 2.75) is 19.4 Å². The van der Waals surface area contributed by atoms with Gasteiger partial charge < -0.3 is 10.4 Å². The van der Waals surface area contributed by atoms with E-state index < -0.39 is 6.10 Å². The van der Waals surface area contributed by atoms with E-state index in [-0.39, 0.29) is 0 Å². The second kappa shape index (κ2) is 5.43. The molecule has 1 aromatic heterocycles. The van der Waals surface area contributed by atoms with Crippen molar-refractivity contribution in [3.05, 3.63) is 35.2 Å². The number of rotatable bonds is 5. The van der Waals surface area contributed by atoms with E-state index in [0.717, 1.165) is 18.5 Å². The van der Waals surface area contributed by atoms with Crippen LogP contribution in [0.1, 0.15) is 25.0 Å². The maximum absolute atomic E-state index is 10.1. The molecule has 0 aliphatic heterocycles. The molecule has 0 saturated heterocycles. The quantitative estimate of drug-likeness (QED) is 0.781. The molecule has 1 heterocycles. The second-order valence-corrected chi connectivity index (χ2v) is 4.82. The molecule has 0 spiro atoms. The molecule has 0 saturated carbocycles. The average Bonchev–Trinajstić information content (AvgIpc) is 2.76. The monoisotopic (exact) mass is 235 g/mol. The number of fused-ring (bicyclic) bond motifs is 1. The Bertz CT molecular complexity index is 452. The van der Waals surface area contributed by atoms with E-state index in [1.807, 2.05) is 12.1 Å². The molecule has 2 aromatic rings. The standard InChI is InChI=1S/C13H17NOS/c1-2-7-14-9-12(15)11-5-3-4-10-6-8-16-13(10)11/h3-6,8,12,14-15H,2,7,9H2,1H3. The zero-order chi connectivity index (χ0) is 11.4. The van der Waals surface area contributed by atoms with Gasteiger partial charge >= 0.3 is 0 Å². The smallest absolute Gasteiger partial charge is 0.0928 e. The van der Waals surface area contributed by atoms with Gasteiger partial charge in [-0.1, -0.05) is 25.1 Å². The number of benzene rings is 1. The van der Waals surface area contributed by atoms with Crippen LogP contribution in [0, 0.1) is 0 Å². The molecule has 2 nitrogen and oxygen atoms in total. The minimum absolute atomic E-state index is 0.408. The van der Waals surface area contributed by atoms with Crippen molar-refractivity contribution < 1.29 is 5.11 Å². The maximum Gasteiger partial charge on any atom is 0.0928 e. The summed E-state index contributed by atoms with van der Waals surface area (Å²) >= 11 is 1.69. The SMILES string of the molecule is CCCNCC(O)c1cccc2ccsc12. The van der Waals surface area contributed by atoms with Crippen molar-refractivity contribution in [1.29, 1.82) is 0 Å². The van der Waals surface area contributed by atoms with E-state index in [1.54, 1.807) is 11.3 Å². The highest BCUT2D eigenvalue weighted by atomic mass is 32.1. The zero-order valence-electron chi connectivity index (χ0n) is 9.44. The van der Waals surface area contributed by atoms with E-state index >= 15 is 0 Å². The van der Waals surface area contributed by atoms with Crippen LogP contribution in [-0.2, 0) is 0 Å². The Morgan fingerprint density at radius 2 is 2.25 bits per heavy atom. The summed E-state index contributed by atoms with van der Waals surface area (Å²) in [5, 5.41) is 16.6. The Morgan fingerprint density at radius 1 is 1.38 bits per heavy atom. The first-order valence-electron chi connectivity index (χ1n) is 5.68. The van der Waals surface area contributed by atoms with Crippen LogP contribution in [0.3, 0.4) is 0 Å². The molecular formula is C13H17NOS. The van der Waals surface area contributed by atoms with E-state index in [1.165, 1.54) is 10.1 Å². The number of thiophene rings is 1. The normalized spacial score (nSPS) is 13.1. The Labute approximate surface area is 99.9 Å². The van der Waals surface area contributed by atoms with Crippen LogP contribution < -0.4 is 5.32 Å². The lowest BCUT2D eigenvalue weighted by molar-refractivity contribution is 0.176. The Morgan fingerprint density at radius 3 is 3.06 bits per heavy atom. The van der Waals surface area contributed by atoms with Gasteiger partial charge in [0, 0.05) is 11.2 Å². The summed E-state index contributed by atoms with van der Waals surface area (Å²) in [7, 11) is 0. The Balaban J connectivity index is 2.15. The average molecular weight is 235 g/mol. The van der Waals surface area contributed by atoms with Crippen molar-refractivity contribution >= 4 is 21.4 Å². The molecule has 1 unspecified atom stereocenters. The highest BCUT2D eigenvalue weighted by molar-refractivity contribution is 7.17. The van der Waals surface area contributed by atoms with Gasteiger partial charge in [-0.3, -0.25) is 0 Å². The summed E-state index contributed by atoms with van der Waals surface area (Å²) in [6, 6.07) is 8.20. The summed E-state index contributed by atoms with van der Waals surface area (Å²) in [4.78, 5) is 0. The van der Waals surface area contributed by atoms with Crippen LogP contribution in [0.25, 0.3) is 10.1 Å². The van der Waals surface area contributed by atoms with Crippen molar-refractivity contribution in [2.75, 3.05) is 13.1 Å². The third-order valence-corrected chi connectivity index (χ3v) is 3.61. The lowest BCUT2D eigenvalue weighted by atomic mass is 10.1. The first-order chi connectivity index (χ1) is 7.83. The summed E-state index contributed by atoms with van der Waals surface area (Å²) in [6.07, 6.45) is 0.685. The van der Waals surface area contributed by atoms with Gasteiger partial charge in [0.25, 0.3) is 0 Å². The molecule has 0 aliphatic rings. The number of hydrogen-bond donors (Lipinski definition) is 2. The fourth-order valence-electron chi connectivity index (χ4n) is 1.80. The van der Waals surface area contributed by atoms with Crippen molar-refractivity contribution in [3.63, 3.8) is 0 Å². The van der Waals surface area contributed by atoms with Gasteiger partial charge in [-0.2, -0.15) is 0 Å². The summed E-state index contributed by atoms with van der Waals surface area (Å²) in [5.74, 6) is 0. The Kier molecular flexibility index (Phi) is 3.93. The fraction of sp³-hybridized carbons (Fsp3) is 0.385. The first kappa shape index (κ1) is 11.6. The maximum atomic E-state index is 10.1. The molecule has 0 aliphatic carbocycles. The van der Waals surface area contributed by atoms with Crippen LogP contribution in [0.5, 0.6) is 0 Å². The summed E-state index contributed by atoms with van der Waals surface area (Å²) < 4.78 is 1.20. The molecule has 16 heavy (non-hydrogen) atoms. The predicted molar refractivity (Wildman–Crippen MR) is 69.9 cm³/mol. The lowest BCUT2D eigenvalue weighted by Crippen LogP contribution is -2.22. The third-order valence-electron chi connectivity index (χ3n) is 2.63. The number of aliphatic hydroxyl groups is 1. The van der Waals surface area contributed by atoms with Gasteiger partial charge in [0.1, 0.15) is 0 Å². The number of hydrogen-bond acceptors (Lipinski definition) is 3. The predicted octanol–water partition coefficient (Wildman–Crippen LogP) is 2.93. The topological polar surface area (TPSA) is 32.3 Å².